The van der Waals surface area contributed by atoms with Crippen LogP contribution in [0.25, 0.3) is 0 Å². The number of nitrogen functional groups attached to an aromatic ring is 1. The zero-order chi connectivity index (χ0) is 13.8. The van der Waals surface area contributed by atoms with Crippen molar-refractivity contribution in [3.8, 4) is 5.75 Å². The Bertz CT molecular complexity index is 451. The Kier molecular flexibility index (Phi) is 4.30. The number of anilines is 1. The molecule has 2 rings (SSSR count). The quantitative estimate of drug-likeness (QED) is 0.820. The van der Waals surface area contributed by atoms with E-state index in [1.165, 1.54) is 12.8 Å². The van der Waals surface area contributed by atoms with Crippen LogP contribution in [0.2, 0.25) is 0 Å². The van der Waals surface area contributed by atoms with Crippen LogP contribution in [-0.2, 0) is 0 Å². The van der Waals surface area contributed by atoms with Crippen molar-refractivity contribution in [1.82, 2.24) is 5.32 Å². The number of benzene rings is 1. The summed E-state index contributed by atoms with van der Waals surface area (Å²) in [4.78, 5) is 12.3. The van der Waals surface area contributed by atoms with Crippen LogP contribution in [0.4, 0.5) is 5.69 Å². The van der Waals surface area contributed by atoms with E-state index >= 15 is 0 Å². The van der Waals surface area contributed by atoms with E-state index < -0.39 is 0 Å². The SMILES string of the molecule is CC(C)Oc1ccc(N)cc1C(=O)NC1CCCC1. The van der Waals surface area contributed by atoms with Gasteiger partial charge in [0.15, 0.2) is 0 Å². The molecule has 0 heterocycles. The Morgan fingerprint density at radius 2 is 2.05 bits per heavy atom. The lowest BCUT2D eigenvalue weighted by Crippen LogP contribution is -2.33. The van der Waals surface area contributed by atoms with Crippen molar-refractivity contribution >= 4 is 11.6 Å². The molecule has 1 saturated carbocycles. The van der Waals surface area contributed by atoms with Gasteiger partial charge < -0.3 is 15.8 Å². The van der Waals surface area contributed by atoms with E-state index in [1.54, 1.807) is 18.2 Å². The lowest BCUT2D eigenvalue weighted by Gasteiger charge is -2.17. The summed E-state index contributed by atoms with van der Waals surface area (Å²) in [6.45, 7) is 3.88. The van der Waals surface area contributed by atoms with Gasteiger partial charge in [-0.05, 0) is 44.9 Å². The fourth-order valence-electron chi connectivity index (χ4n) is 2.42. The van der Waals surface area contributed by atoms with Crippen molar-refractivity contribution in [2.45, 2.75) is 51.7 Å². The third-order valence-electron chi connectivity index (χ3n) is 3.30. The van der Waals surface area contributed by atoms with Gasteiger partial charge in [-0.3, -0.25) is 4.79 Å². The van der Waals surface area contributed by atoms with E-state index in [0.717, 1.165) is 12.8 Å². The number of hydrogen-bond acceptors (Lipinski definition) is 3. The predicted molar refractivity (Wildman–Crippen MR) is 76.3 cm³/mol. The number of carbonyl (C=O) groups is 1. The molecule has 104 valence electrons. The average molecular weight is 262 g/mol. The minimum atomic E-state index is -0.0881. The number of hydrogen-bond donors (Lipinski definition) is 2. The molecule has 0 radical (unpaired) electrons. The fraction of sp³-hybridized carbons (Fsp3) is 0.533. The summed E-state index contributed by atoms with van der Waals surface area (Å²) >= 11 is 0. The maximum Gasteiger partial charge on any atom is 0.255 e. The summed E-state index contributed by atoms with van der Waals surface area (Å²) in [7, 11) is 0. The van der Waals surface area contributed by atoms with Crippen LogP contribution < -0.4 is 15.8 Å². The number of rotatable bonds is 4. The summed E-state index contributed by atoms with van der Waals surface area (Å²) < 4.78 is 5.67. The Labute approximate surface area is 114 Å². The Hall–Kier alpha value is -1.71. The van der Waals surface area contributed by atoms with Gasteiger partial charge in [-0.2, -0.15) is 0 Å². The van der Waals surface area contributed by atoms with Crippen molar-refractivity contribution in [2.75, 3.05) is 5.73 Å². The molecule has 1 aromatic carbocycles. The molecule has 0 aromatic heterocycles. The molecule has 0 saturated heterocycles. The number of nitrogens with two attached hydrogens (primary N) is 1. The van der Waals surface area contributed by atoms with Crippen molar-refractivity contribution in [2.24, 2.45) is 0 Å². The zero-order valence-electron chi connectivity index (χ0n) is 11.6. The van der Waals surface area contributed by atoms with Crippen molar-refractivity contribution in [1.29, 1.82) is 0 Å². The van der Waals surface area contributed by atoms with E-state index in [1.807, 2.05) is 13.8 Å². The van der Waals surface area contributed by atoms with E-state index in [2.05, 4.69) is 5.32 Å². The molecule has 1 aliphatic rings. The van der Waals surface area contributed by atoms with Crippen LogP contribution in [0.1, 0.15) is 49.9 Å². The molecule has 3 N–H and O–H groups in total. The van der Waals surface area contributed by atoms with Crippen LogP contribution in [0.5, 0.6) is 5.75 Å². The van der Waals surface area contributed by atoms with Gasteiger partial charge >= 0.3 is 0 Å². The molecular weight excluding hydrogens is 240 g/mol. The first-order chi connectivity index (χ1) is 9.06. The van der Waals surface area contributed by atoms with Gasteiger partial charge in [-0.25, -0.2) is 0 Å². The number of amides is 1. The first-order valence-corrected chi connectivity index (χ1v) is 6.93. The summed E-state index contributed by atoms with van der Waals surface area (Å²) in [5.41, 5.74) is 6.87. The highest BCUT2D eigenvalue weighted by atomic mass is 16.5. The Balaban J connectivity index is 2.15. The van der Waals surface area contributed by atoms with Gasteiger partial charge in [0.1, 0.15) is 5.75 Å². The third-order valence-corrected chi connectivity index (χ3v) is 3.30. The first kappa shape index (κ1) is 13.7. The lowest BCUT2D eigenvalue weighted by atomic mass is 10.1. The maximum absolute atomic E-state index is 12.3. The maximum atomic E-state index is 12.3. The highest BCUT2D eigenvalue weighted by molar-refractivity contribution is 5.98. The van der Waals surface area contributed by atoms with Crippen LogP contribution in [0, 0.1) is 0 Å². The summed E-state index contributed by atoms with van der Waals surface area (Å²) in [5, 5.41) is 3.06. The van der Waals surface area contributed by atoms with Crippen LogP contribution in [-0.4, -0.2) is 18.1 Å². The molecule has 0 atom stereocenters. The van der Waals surface area contributed by atoms with Crippen LogP contribution in [0.3, 0.4) is 0 Å². The van der Waals surface area contributed by atoms with Crippen molar-refractivity contribution < 1.29 is 9.53 Å². The molecule has 0 aliphatic heterocycles. The lowest BCUT2D eigenvalue weighted by molar-refractivity contribution is 0.0932. The van der Waals surface area contributed by atoms with E-state index in [0.29, 0.717) is 23.0 Å². The van der Waals surface area contributed by atoms with Gasteiger partial charge in [0.05, 0.1) is 11.7 Å². The number of carbonyl (C=O) groups excluding carboxylic acids is 1. The normalized spacial score (nSPS) is 15.7. The monoisotopic (exact) mass is 262 g/mol. The summed E-state index contributed by atoms with van der Waals surface area (Å²) in [5.74, 6) is 0.509. The molecule has 19 heavy (non-hydrogen) atoms. The van der Waals surface area contributed by atoms with E-state index in [-0.39, 0.29) is 12.0 Å². The zero-order valence-corrected chi connectivity index (χ0v) is 11.6. The second-order valence-electron chi connectivity index (χ2n) is 5.38. The smallest absolute Gasteiger partial charge is 0.255 e. The van der Waals surface area contributed by atoms with Gasteiger partial charge in [-0.15, -0.1) is 0 Å². The Morgan fingerprint density at radius 1 is 1.37 bits per heavy atom. The van der Waals surface area contributed by atoms with Gasteiger partial charge in [0.25, 0.3) is 5.91 Å². The minimum absolute atomic E-state index is 0.0293. The van der Waals surface area contributed by atoms with E-state index in [9.17, 15) is 4.79 Å². The molecule has 1 fully saturated rings. The second kappa shape index (κ2) is 5.95. The Morgan fingerprint density at radius 3 is 2.68 bits per heavy atom. The average Bonchev–Trinajstić information content (AvgIpc) is 2.83. The molecule has 1 amide bonds. The number of ether oxygens (including phenoxy) is 1. The summed E-state index contributed by atoms with van der Waals surface area (Å²) in [6.07, 6.45) is 4.54. The molecule has 1 aromatic rings. The molecule has 0 bridgehead atoms. The van der Waals surface area contributed by atoms with E-state index in [4.69, 9.17) is 10.5 Å². The minimum Gasteiger partial charge on any atom is -0.490 e. The van der Waals surface area contributed by atoms with Crippen LogP contribution in [0.15, 0.2) is 18.2 Å². The topological polar surface area (TPSA) is 64.3 Å². The van der Waals surface area contributed by atoms with Gasteiger partial charge in [-0.1, -0.05) is 12.8 Å². The highest BCUT2D eigenvalue weighted by Gasteiger charge is 2.20. The highest BCUT2D eigenvalue weighted by Crippen LogP contribution is 2.24. The second-order valence-corrected chi connectivity index (χ2v) is 5.38. The van der Waals surface area contributed by atoms with Crippen LogP contribution >= 0.6 is 0 Å². The molecule has 0 unspecified atom stereocenters. The standard InChI is InChI=1S/C15H22N2O2/c1-10(2)19-14-8-7-11(16)9-13(14)15(18)17-12-5-3-4-6-12/h7-10,12H,3-6,16H2,1-2H3,(H,17,18). The fourth-order valence-corrected chi connectivity index (χ4v) is 2.42. The first-order valence-electron chi connectivity index (χ1n) is 6.93. The largest absolute Gasteiger partial charge is 0.490 e. The predicted octanol–water partition coefficient (Wildman–Crippen LogP) is 2.73. The van der Waals surface area contributed by atoms with Crippen molar-refractivity contribution in [3.63, 3.8) is 0 Å². The molecule has 0 spiro atoms. The molecule has 4 heteroatoms. The van der Waals surface area contributed by atoms with Gasteiger partial charge in [0, 0.05) is 11.7 Å². The number of nitrogens with one attached hydrogen (secondary N) is 1. The molecule has 4 nitrogen and oxygen atoms in total. The molecular formula is C15H22N2O2. The third kappa shape index (κ3) is 3.63. The van der Waals surface area contributed by atoms with Gasteiger partial charge in [0.2, 0.25) is 0 Å². The van der Waals surface area contributed by atoms with Crippen molar-refractivity contribution in [3.05, 3.63) is 23.8 Å². The molecule has 1 aliphatic carbocycles. The summed E-state index contributed by atoms with van der Waals surface area (Å²) in [6, 6.07) is 5.49.